The van der Waals surface area contributed by atoms with Gasteiger partial charge < -0.3 is 14.8 Å². The topological polar surface area (TPSA) is 84.9 Å². The van der Waals surface area contributed by atoms with Crippen LogP contribution in [-0.4, -0.2) is 55.2 Å². The Morgan fingerprint density at radius 1 is 1.33 bits per heavy atom. The highest BCUT2D eigenvalue weighted by atomic mass is 16.6. The molecule has 0 aliphatic carbocycles. The summed E-state index contributed by atoms with van der Waals surface area (Å²) in [5, 5.41) is 2.67. The summed E-state index contributed by atoms with van der Waals surface area (Å²) >= 11 is 0. The van der Waals surface area contributed by atoms with Gasteiger partial charge >= 0.3 is 12.1 Å². The molecular weight excluding hydrogens is 276 g/mol. The maximum Gasteiger partial charge on any atom is 0.410 e. The van der Waals surface area contributed by atoms with Crippen LogP contribution in [0.4, 0.5) is 4.79 Å². The molecule has 7 heteroatoms. The number of hydrogen-bond acceptors (Lipinski definition) is 5. The van der Waals surface area contributed by atoms with Crippen LogP contribution in [0.2, 0.25) is 0 Å². The molecule has 1 saturated heterocycles. The summed E-state index contributed by atoms with van der Waals surface area (Å²) < 4.78 is 9.63. The largest absolute Gasteiger partial charge is 0.467 e. The number of amides is 2. The van der Waals surface area contributed by atoms with E-state index >= 15 is 0 Å². The molecule has 120 valence electrons. The van der Waals surface area contributed by atoms with Gasteiger partial charge in [-0.3, -0.25) is 9.69 Å². The van der Waals surface area contributed by atoms with Crippen molar-refractivity contribution in [3.8, 4) is 0 Å². The lowest BCUT2D eigenvalue weighted by Gasteiger charge is -2.26. The van der Waals surface area contributed by atoms with Crippen LogP contribution >= 0.6 is 0 Å². The molecule has 0 bridgehead atoms. The number of likely N-dealkylation sites (tertiary alicyclic amines) is 1. The fourth-order valence-corrected chi connectivity index (χ4v) is 2.34. The molecule has 21 heavy (non-hydrogen) atoms. The van der Waals surface area contributed by atoms with Gasteiger partial charge in [0.25, 0.3) is 0 Å². The predicted molar refractivity (Wildman–Crippen MR) is 75.5 cm³/mol. The Hall–Kier alpha value is -1.79. The zero-order valence-electron chi connectivity index (χ0n) is 13.0. The molecule has 1 fully saturated rings. The zero-order chi connectivity index (χ0) is 16.0. The van der Waals surface area contributed by atoms with E-state index in [0.717, 1.165) is 6.42 Å². The summed E-state index contributed by atoms with van der Waals surface area (Å²) in [5.41, 5.74) is 0. The van der Waals surface area contributed by atoms with Crippen LogP contribution in [0.15, 0.2) is 0 Å². The van der Waals surface area contributed by atoms with Gasteiger partial charge in [0.15, 0.2) is 0 Å². The van der Waals surface area contributed by atoms with E-state index in [4.69, 9.17) is 9.47 Å². The molecule has 2 atom stereocenters. The fraction of sp³-hybridized carbons (Fsp3) is 0.786. The molecule has 0 aromatic heterocycles. The van der Waals surface area contributed by atoms with Crippen LogP contribution in [0, 0.1) is 5.92 Å². The minimum absolute atomic E-state index is 0.0983. The second-order valence-electron chi connectivity index (χ2n) is 5.30. The van der Waals surface area contributed by atoms with Crippen LogP contribution in [0.5, 0.6) is 0 Å². The molecule has 0 aromatic carbocycles. The Balaban J connectivity index is 2.72. The van der Waals surface area contributed by atoms with E-state index in [1.165, 1.54) is 12.0 Å². The van der Waals surface area contributed by atoms with E-state index in [0.29, 0.717) is 13.0 Å². The fourth-order valence-electron chi connectivity index (χ4n) is 2.34. The molecule has 0 aromatic rings. The summed E-state index contributed by atoms with van der Waals surface area (Å²) in [4.78, 5) is 37.2. The van der Waals surface area contributed by atoms with Crippen LogP contribution in [0.1, 0.15) is 33.6 Å². The standard InChI is InChI=1S/C14H24N2O5/c1-5-21-14(19)16-8-6-7-10(16)12(17)15-11(9(2)3)13(18)20-4/h9-11H,5-8H2,1-4H3,(H,15,17)/t10-,11-/m0/s1. The highest BCUT2D eigenvalue weighted by Crippen LogP contribution is 2.19. The summed E-state index contributed by atoms with van der Waals surface area (Å²) in [6, 6.07) is -1.30. The Bertz CT molecular complexity index is 397. The van der Waals surface area contributed by atoms with E-state index in [2.05, 4.69) is 5.32 Å². The number of hydrogen-bond donors (Lipinski definition) is 1. The van der Waals surface area contributed by atoms with E-state index in [1.807, 2.05) is 13.8 Å². The molecule has 0 unspecified atom stereocenters. The van der Waals surface area contributed by atoms with E-state index in [-0.39, 0.29) is 18.4 Å². The third-order valence-electron chi connectivity index (χ3n) is 3.48. The van der Waals surface area contributed by atoms with Crippen molar-refractivity contribution in [1.82, 2.24) is 10.2 Å². The van der Waals surface area contributed by atoms with E-state index < -0.39 is 24.1 Å². The highest BCUT2D eigenvalue weighted by Gasteiger charge is 2.37. The van der Waals surface area contributed by atoms with Gasteiger partial charge in [-0.1, -0.05) is 13.8 Å². The van der Waals surface area contributed by atoms with Crippen LogP contribution in [-0.2, 0) is 19.1 Å². The molecule has 1 aliphatic heterocycles. The highest BCUT2D eigenvalue weighted by molar-refractivity contribution is 5.90. The molecule has 0 radical (unpaired) electrons. The van der Waals surface area contributed by atoms with Crippen molar-refractivity contribution in [2.75, 3.05) is 20.3 Å². The van der Waals surface area contributed by atoms with Gasteiger partial charge in [0.1, 0.15) is 12.1 Å². The number of carbonyl (C=O) groups excluding carboxylic acids is 3. The van der Waals surface area contributed by atoms with Crippen molar-refractivity contribution < 1.29 is 23.9 Å². The maximum atomic E-state index is 12.3. The van der Waals surface area contributed by atoms with Gasteiger partial charge in [0.05, 0.1) is 13.7 Å². The Labute approximate surface area is 124 Å². The van der Waals surface area contributed by atoms with Crippen LogP contribution in [0.3, 0.4) is 0 Å². The first-order chi connectivity index (χ1) is 9.92. The normalized spacial score (nSPS) is 19.3. The van der Waals surface area contributed by atoms with Crippen LogP contribution < -0.4 is 5.32 Å². The van der Waals surface area contributed by atoms with E-state index in [1.54, 1.807) is 6.92 Å². The first-order valence-corrected chi connectivity index (χ1v) is 7.23. The Morgan fingerprint density at radius 3 is 2.52 bits per heavy atom. The lowest BCUT2D eigenvalue weighted by Crippen LogP contribution is -2.52. The number of nitrogens with zero attached hydrogens (tertiary/aromatic N) is 1. The Kier molecular flexibility index (Phi) is 6.45. The van der Waals surface area contributed by atoms with Gasteiger partial charge in [0.2, 0.25) is 5.91 Å². The number of rotatable bonds is 5. The van der Waals surface area contributed by atoms with Crippen molar-refractivity contribution in [3.05, 3.63) is 0 Å². The first-order valence-electron chi connectivity index (χ1n) is 7.23. The van der Waals surface area contributed by atoms with E-state index in [9.17, 15) is 14.4 Å². The molecule has 1 N–H and O–H groups in total. The predicted octanol–water partition coefficient (Wildman–Crippen LogP) is 0.921. The molecule has 0 saturated carbocycles. The van der Waals surface area contributed by atoms with Crippen molar-refractivity contribution in [1.29, 1.82) is 0 Å². The maximum absolute atomic E-state index is 12.3. The monoisotopic (exact) mass is 300 g/mol. The van der Waals surface area contributed by atoms with Crippen molar-refractivity contribution in [2.45, 2.75) is 45.7 Å². The molecule has 1 heterocycles. The van der Waals surface area contributed by atoms with Crippen molar-refractivity contribution in [2.24, 2.45) is 5.92 Å². The molecule has 0 spiro atoms. The summed E-state index contributed by atoms with van der Waals surface area (Å²) in [6.07, 6.45) is 0.812. The quantitative estimate of drug-likeness (QED) is 0.763. The van der Waals surface area contributed by atoms with Gasteiger partial charge in [0, 0.05) is 6.54 Å². The summed E-state index contributed by atoms with van der Waals surface area (Å²) in [6.45, 7) is 6.11. The smallest absolute Gasteiger partial charge is 0.410 e. The Morgan fingerprint density at radius 2 is 2.00 bits per heavy atom. The number of carbonyl (C=O) groups is 3. The second kappa shape index (κ2) is 7.85. The number of esters is 1. The third-order valence-corrected chi connectivity index (χ3v) is 3.48. The molecule has 7 nitrogen and oxygen atoms in total. The second-order valence-corrected chi connectivity index (χ2v) is 5.30. The molecular formula is C14H24N2O5. The number of nitrogens with one attached hydrogen (secondary N) is 1. The zero-order valence-corrected chi connectivity index (χ0v) is 13.0. The van der Waals surface area contributed by atoms with Crippen LogP contribution in [0.25, 0.3) is 0 Å². The average molecular weight is 300 g/mol. The lowest BCUT2D eigenvalue weighted by atomic mass is 10.0. The minimum Gasteiger partial charge on any atom is -0.467 e. The van der Waals surface area contributed by atoms with Gasteiger partial charge in [-0.05, 0) is 25.7 Å². The van der Waals surface area contributed by atoms with Crippen molar-refractivity contribution in [3.63, 3.8) is 0 Å². The molecule has 2 amide bonds. The molecule has 1 rings (SSSR count). The van der Waals surface area contributed by atoms with Gasteiger partial charge in [-0.25, -0.2) is 9.59 Å². The summed E-state index contributed by atoms with van der Waals surface area (Å²) in [5.74, 6) is -0.928. The van der Waals surface area contributed by atoms with Crippen molar-refractivity contribution >= 4 is 18.0 Å². The average Bonchev–Trinajstić information content (AvgIpc) is 2.93. The third kappa shape index (κ3) is 4.34. The first kappa shape index (κ1) is 17.3. The molecule has 1 aliphatic rings. The number of ether oxygens (including phenoxy) is 2. The van der Waals surface area contributed by atoms with Gasteiger partial charge in [-0.15, -0.1) is 0 Å². The number of methoxy groups -OCH3 is 1. The SMILES string of the molecule is CCOC(=O)N1CCC[C@H]1C(=O)N[C@H](C(=O)OC)C(C)C. The van der Waals surface area contributed by atoms with Gasteiger partial charge in [-0.2, -0.15) is 0 Å². The minimum atomic E-state index is -0.716. The summed E-state index contributed by atoms with van der Waals surface area (Å²) in [7, 11) is 1.28. The lowest BCUT2D eigenvalue weighted by molar-refractivity contribution is -0.146.